The number of halogens is 1. The van der Waals surface area contributed by atoms with E-state index in [9.17, 15) is 0 Å². The molecule has 0 saturated heterocycles. The van der Waals surface area contributed by atoms with Crippen molar-refractivity contribution in [3.05, 3.63) is 64.2 Å². The first-order valence-corrected chi connectivity index (χ1v) is 6.13. The molecule has 0 aliphatic carbocycles. The van der Waals surface area contributed by atoms with E-state index in [1.165, 1.54) is 5.56 Å². The number of aryl methyl sites for hydroxylation is 2. The molecular weight excluding hydrogens is 244 g/mol. The van der Waals surface area contributed by atoms with Crippen LogP contribution in [0.1, 0.15) is 16.7 Å². The molecule has 92 valence electrons. The Kier molecular flexibility index (Phi) is 3.68. The van der Waals surface area contributed by atoms with E-state index >= 15 is 0 Å². The van der Waals surface area contributed by atoms with E-state index in [-0.39, 0.29) is 0 Å². The van der Waals surface area contributed by atoms with Crippen molar-refractivity contribution in [3.8, 4) is 0 Å². The molecule has 18 heavy (non-hydrogen) atoms. The van der Waals surface area contributed by atoms with Gasteiger partial charge in [-0.05, 0) is 37.6 Å². The van der Waals surface area contributed by atoms with Gasteiger partial charge >= 0.3 is 0 Å². The fourth-order valence-corrected chi connectivity index (χ4v) is 2.05. The molecule has 0 aromatic heterocycles. The van der Waals surface area contributed by atoms with Gasteiger partial charge in [0.15, 0.2) is 0 Å². The summed E-state index contributed by atoms with van der Waals surface area (Å²) in [5.74, 6) is 0.313. The summed E-state index contributed by atoms with van der Waals surface area (Å²) >= 11 is 6.07. The molecule has 2 rings (SSSR count). The lowest BCUT2D eigenvalue weighted by atomic mass is 10.1. The number of nitrogens with one attached hydrogen (secondary N) is 2. The molecule has 2 aromatic rings. The summed E-state index contributed by atoms with van der Waals surface area (Å²) in [7, 11) is 0. The Morgan fingerprint density at radius 1 is 1.11 bits per heavy atom. The van der Waals surface area contributed by atoms with Crippen LogP contribution in [0.2, 0.25) is 5.02 Å². The monoisotopic (exact) mass is 258 g/mol. The molecule has 2 N–H and O–H groups in total. The van der Waals surface area contributed by atoms with Crippen molar-refractivity contribution in [2.75, 3.05) is 5.32 Å². The molecule has 2 aromatic carbocycles. The first-order valence-electron chi connectivity index (χ1n) is 5.75. The molecule has 0 unspecified atom stereocenters. The Hall–Kier alpha value is -1.80. The lowest BCUT2D eigenvalue weighted by Crippen LogP contribution is -2.13. The molecule has 0 atom stereocenters. The minimum Gasteiger partial charge on any atom is -0.340 e. The highest BCUT2D eigenvalue weighted by Crippen LogP contribution is 2.20. The summed E-state index contributed by atoms with van der Waals surface area (Å²) in [6.45, 7) is 4.07. The van der Waals surface area contributed by atoms with Crippen LogP contribution in [-0.4, -0.2) is 5.84 Å². The van der Waals surface area contributed by atoms with Crippen LogP contribution >= 0.6 is 11.6 Å². The summed E-state index contributed by atoms with van der Waals surface area (Å²) in [4.78, 5) is 0. The van der Waals surface area contributed by atoms with Gasteiger partial charge in [-0.25, -0.2) is 0 Å². The summed E-state index contributed by atoms with van der Waals surface area (Å²) in [6, 6.07) is 13.4. The van der Waals surface area contributed by atoms with Gasteiger partial charge in [0.1, 0.15) is 5.84 Å². The van der Waals surface area contributed by atoms with Crippen molar-refractivity contribution in [1.82, 2.24) is 0 Å². The number of benzene rings is 2. The number of hydrogen-bond donors (Lipinski definition) is 2. The van der Waals surface area contributed by atoms with Crippen LogP contribution in [0.25, 0.3) is 0 Å². The van der Waals surface area contributed by atoms with Gasteiger partial charge in [-0.1, -0.05) is 41.4 Å². The van der Waals surface area contributed by atoms with E-state index in [0.29, 0.717) is 16.4 Å². The highest BCUT2D eigenvalue weighted by molar-refractivity contribution is 6.34. The zero-order chi connectivity index (χ0) is 13.1. The van der Waals surface area contributed by atoms with Crippen molar-refractivity contribution in [2.45, 2.75) is 13.8 Å². The summed E-state index contributed by atoms with van der Waals surface area (Å²) in [5, 5.41) is 11.7. The fraction of sp³-hybridized carbons (Fsp3) is 0.133. The van der Waals surface area contributed by atoms with Gasteiger partial charge in [0.25, 0.3) is 0 Å². The summed E-state index contributed by atoms with van der Waals surface area (Å²) < 4.78 is 0. The largest absolute Gasteiger partial charge is 0.340 e. The predicted octanol–water partition coefficient (Wildman–Crippen LogP) is 4.39. The van der Waals surface area contributed by atoms with Crippen LogP contribution in [0.5, 0.6) is 0 Å². The van der Waals surface area contributed by atoms with E-state index in [4.69, 9.17) is 17.0 Å². The zero-order valence-electron chi connectivity index (χ0n) is 10.4. The van der Waals surface area contributed by atoms with E-state index < -0.39 is 0 Å². The smallest absolute Gasteiger partial charge is 0.131 e. The highest BCUT2D eigenvalue weighted by Gasteiger charge is 2.07. The summed E-state index contributed by atoms with van der Waals surface area (Å²) in [6.07, 6.45) is 0. The minimum absolute atomic E-state index is 0.313. The number of amidine groups is 1. The minimum atomic E-state index is 0.313. The molecule has 0 spiro atoms. The van der Waals surface area contributed by atoms with Gasteiger partial charge < -0.3 is 5.32 Å². The molecule has 0 aliphatic heterocycles. The maximum atomic E-state index is 8.06. The SMILES string of the molecule is Cc1ccc(NC(=N)c2ccccc2Cl)c(C)c1. The second-order valence-corrected chi connectivity index (χ2v) is 4.71. The topological polar surface area (TPSA) is 35.9 Å². The van der Waals surface area contributed by atoms with Crippen LogP contribution in [0, 0.1) is 19.3 Å². The molecule has 0 saturated carbocycles. The molecule has 0 fully saturated rings. The van der Waals surface area contributed by atoms with Gasteiger partial charge in [-0.15, -0.1) is 0 Å². The normalized spacial score (nSPS) is 10.2. The average Bonchev–Trinajstić information content (AvgIpc) is 2.33. The molecule has 3 heteroatoms. The first kappa shape index (κ1) is 12.7. The van der Waals surface area contributed by atoms with Crippen LogP contribution in [0.4, 0.5) is 5.69 Å². The maximum absolute atomic E-state index is 8.06. The molecule has 0 amide bonds. The average molecular weight is 259 g/mol. The summed E-state index contributed by atoms with van der Waals surface area (Å²) in [5.41, 5.74) is 3.97. The zero-order valence-corrected chi connectivity index (χ0v) is 11.2. The number of rotatable bonds is 2. The van der Waals surface area contributed by atoms with E-state index in [1.807, 2.05) is 37.3 Å². The Labute approximate surface area is 112 Å². The molecule has 0 bridgehead atoms. The third kappa shape index (κ3) is 2.71. The van der Waals surface area contributed by atoms with Crippen molar-refractivity contribution < 1.29 is 0 Å². The lowest BCUT2D eigenvalue weighted by molar-refractivity contribution is 1.36. The Morgan fingerprint density at radius 3 is 2.50 bits per heavy atom. The van der Waals surface area contributed by atoms with Gasteiger partial charge in [-0.2, -0.15) is 0 Å². The van der Waals surface area contributed by atoms with E-state index in [1.54, 1.807) is 6.07 Å². The first-order chi connectivity index (χ1) is 8.58. The molecule has 0 heterocycles. The van der Waals surface area contributed by atoms with E-state index in [2.05, 4.69) is 18.3 Å². The third-order valence-electron chi connectivity index (χ3n) is 2.78. The lowest BCUT2D eigenvalue weighted by Gasteiger charge is -2.12. The Bertz CT molecular complexity index is 591. The molecular formula is C15H15ClN2. The van der Waals surface area contributed by atoms with Gasteiger partial charge in [0.05, 0.1) is 5.02 Å². The van der Waals surface area contributed by atoms with Gasteiger partial charge in [-0.3, -0.25) is 5.41 Å². The van der Waals surface area contributed by atoms with Crippen LogP contribution < -0.4 is 5.32 Å². The second-order valence-electron chi connectivity index (χ2n) is 4.30. The van der Waals surface area contributed by atoms with Crippen molar-refractivity contribution in [1.29, 1.82) is 5.41 Å². The van der Waals surface area contributed by atoms with Gasteiger partial charge in [0, 0.05) is 11.3 Å². The second kappa shape index (κ2) is 5.23. The highest BCUT2D eigenvalue weighted by atomic mass is 35.5. The van der Waals surface area contributed by atoms with Crippen LogP contribution in [0.3, 0.4) is 0 Å². The molecule has 0 aliphatic rings. The third-order valence-corrected chi connectivity index (χ3v) is 3.11. The number of hydrogen-bond acceptors (Lipinski definition) is 1. The van der Waals surface area contributed by atoms with Crippen molar-refractivity contribution in [2.24, 2.45) is 0 Å². The van der Waals surface area contributed by atoms with Crippen molar-refractivity contribution in [3.63, 3.8) is 0 Å². The van der Waals surface area contributed by atoms with E-state index in [0.717, 1.165) is 11.3 Å². The Balaban J connectivity index is 2.24. The van der Waals surface area contributed by atoms with Crippen LogP contribution in [-0.2, 0) is 0 Å². The quantitative estimate of drug-likeness (QED) is 0.608. The van der Waals surface area contributed by atoms with Crippen molar-refractivity contribution >= 4 is 23.1 Å². The standard InChI is InChI=1S/C15H15ClN2/c1-10-7-8-14(11(2)9-10)18-15(17)12-5-3-4-6-13(12)16/h3-9H,1-2H3,(H2,17,18). The fourth-order valence-electron chi connectivity index (χ4n) is 1.82. The Morgan fingerprint density at radius 2 is 1.83 bits per heavy atom. The maximum Gasteiger partial charge on any atom is 0.131 e. The van der Waals surface area contributed by atoms with Crippen LogP contribution in [0.15, 0.2) is 42.5 Å². The molecule has 2 nitrogen and oxygen atoms in total. The number of anilines is 1. The van der Waals surface area contributed by atoms with Gasteiger partial charge in [0.2, 0.25) is 0 Å². The predicted molar refractivity (Wildman–Crippen MR) is 77.8 cm³/mol. The molecule has 0 radical (unpaired) electrons.